The molecule has 2 fully saturated rings. The number of aromatic hydroxyl groups is 1. The maximum absolute atomic E-state index is 14.5. The summed E-state index contributed by atoms with van der Waals surface area (Å²) in [5.74, 6) is -1.43. The summed E-state index contributed by atoms with van der Waals surface area (Å²) in [6.07, 6.45) is -0.362. The van der Waals surface area contributed by atoms with Crippen molar-refractivity contribution in [1.29, 1.82) is 0 Å². The lowest BCUT2D eigenvalue weighted by molar-refractivity contribution is -0.137. The molecule has 18 heteroatoms. The molecule has 274 valence electrons. The van der Waals surface area contributed by atoms with E-state index in [1.807, 2.05) is 11.8 Å². The summed E-state index contributed by atoms with van der Waals surface area (Å²) in [5, 5.41) is 12.7. The second-order valence-corrected chi connectivity index (χ2v) is 12.9. The Morgan fingerprint density at radius 3 is 2.52 bits per heavy atom. The van der Waals surface area contributed by atoms with Gasteiger partial charge in [-0.15, -0.1) is 0 Å². The standard InChI is InChI=1S/C34H35ClF3N9O5/c1-4-20-15-44(33(52)28-30(50)18(3)40-17-41-28)11-12-45(20)29-23(5-2)47(16-25(48)42-22-9-8-19(13-21(22)35)34(36,37)38)32-27(31(29)51)43-24(14-39-32)46-10-6-7-26(46)49/h8-9,13-14,17,20,50H,4-7,10-12,15-16H2,1-3H3,(H,42,48). The maximum Gasteiger partial charge on any atom is 0.416 e. The maximum atomic E-state index is 14.5. The summed E-state index contributed by atoms with van der Waals surface area (Å²) in [6, 6.07) is 2.20. The Balaban J connectivity index is 1.41. The summed E-state index contributed by atoms with van der Waals surface area (Å²) in [4.78, 5) is 76.1. The molecule has 2 N–H and O–H groups in total. The minimum absolute atomic E-state index is 0.0408. The van der Waals surface area contributed by atoms with E-state index in [4.69, 9.17) is 11.6 Å². The number of rotatable bonds is 8. The molecule has 6 rings (SSSR count). The normalized spacial score (nSPS) is 16.6. The lowest BCUT2D eigenvalue weighted by Crippen LogP contribution is -2.56. The van der Waals surface area contributed by atoms with Crippen LogP contribution in [0, 0.1) is 6.92 Å². The Bertz CT molecular complexity index is 2140. The number of amides is 3. The average Bonchev–Trinajstić information content (AvgIpc) is 3.55. The van der Waals surface area contributed by atoms with Crippen LogP contribution in [0.25, 0.3) is 11.2 Å². The molecule has 0 saturated carbocycles. The summed E-state index contributed by atoms with van der Waals surface area (Å²) in [5.41, 5.74) is -0.685. The molecular formula is C34H35ClF3N9O5. The van der Waals surface area contributed by atoms with Crippen molar-refractivity contribution < 1.29 is 32.7 Å². The number of nitrogens with zero attached hydrogens (tertiary/aromatic N) is 8. The number of halogens is 4. The van der Waals surface area contributed by atoms with E-state index in [1.165, 1.54) is 22.0 Å². The molecule has 0 radical (unpaired) electrons. The highest BCUT2D eigenvalue weighted by Gasteiger charge is 2.35. The number of hydrogen-bond acceptors (Lipinski definition) is 10. The number of anilines is 3. The van der Waals surface area contributed by atoms with E-state index in [1.54, 1.807) is 18.7 Å². The molecule has 0 aliphatic carbocycles. The fraction of sp³-hybridized carbons (Fsp3) is 0.412. The van der Waals surface area contributed by atoms with Gasteiger partial charge < -0.3 is 24.8 Å². The zero-order valence-electron chi connectivity index (χ0n) is 28.5. The number of fused-ring (bicyclic) bond motifs is 1. The Kier molecular flexibility index (Phi) is 10.1. The van der Waals surface area contributed by atoms with Crippen molar-refractivity contribution >= 4 is 57.7 Å². The molecule has 2 aliphatic heterocycles. The molecule has 3 aromatic heterocycles. The monoisotopic (exact) mass is 741 g/mol. The molecule has 1 atom stereocenters. The molecule has 0 spiro atoms. The van der Waals surface area contributed by atoms with E-state index < -0.39 is 35.5 Å². The van der Waals surface area contributed by atoms with Gasteiger partial charge in [-0.3, -0.25) is 24.1 Å². The minimum Gasteiger partial charge on any atom is -0.504 e. The first kappa shape index (κ1) is 36.5. The summed E-state index contributed by atoms with van der Waals surface area (Å²) in [7, 11) is 0. The van der Waals surface area contributed by atoms with Crippen LogP contribution in [0.1, 0.15) is 60.5 Å². The van der Waals surface area contributed by atoms with Crippen molar-refractivity contribution in [3.63, 3.8) is 0 Å². The van der Waals surface area contributed by atoms with Crippen molar-refractivity contribution in [3.05, 3.63) is 68.6 Å². The van der Waals surface area contributed by atoms with Gasteiger partial charge in [0.15, 0.2) is 28.4 Å². The van der Waals surface area contributed by atoms with Gasteiger partial charge in [0.1, 0.15) is 18.6 Å². The largest absolute Gasteiger partial charge is 0.504 e. The zero-order chi connectivity index (χ0) is 37.5. The van der Waals surface area contributed by atoms with E-state index in [2.05, 4.69) is 25.3 Å². The van der Waals surface area contributed by atoms with Crippen LogP contribution in [0.15, 0.2) is 35.5 Å². The van der Waals surface area contributed by atoms with E-state index in [9.17, 15) is 37.5 Å². The molecule has 1 unspecified atom stereocenters. The van der Waals surface area contributed by atoms with Crippen LogP contribution < -0.4 is 20.5 Å². The lowest BCUT2D eigenvalue weighted by Gasteiger charge is -2.43. The fourth-order valence-corrected chi connectivity index (χ4v) is 6.88. The first-order valence-electron chi connectivity index (χ1n) is 16.7. The number of aromatic nitrogens is 5. The van der Waals surface area contributed by atoms with Gasteiger partial charge >= 0.3 is 6.18 Å². The lowest BCUT2D eigenvalue weighted by atomic mass is 10.0. The van der Waals surface area contributed by atoms with E-state index in [-0.39, 0.29) is 88.5 Å². The van der Waals surface area contributed by atoms with Crippen molar-refractivity contribution in [2.45, 2.75) is 65.2 Å². The highest BCUT2D eigenvalue weighted by Crippen LogP contribution is 2.34. The topological polar surface area (TPSA) is 167 Å². The van der Waals surface area contributed by atoms with Gasteiger partial charge in [-0.2, -0.15) is 13.2 Å². The number of aryl methyl sites for hydroxylation is 1. The third-order valence-electron chi connectivity index (χ3n) is 9.32. The van der Waals surface area contributed by atoms with Crippen LogP contribution in [0.4, 0.5) is 30.4 Å². The number of carbonyl (C=O) groups excluding carboxylic acids is 3. The second kappa shape index (κ2) is 14.4. The Morgan fingerprint density at radius 1 is 1.10 bits per heavy atom. The van der Waals surface area contributed by atoms with Crippen molar-refractivity contribution in [3.8, 4) is 5.75 Å². The van der Waals surface area contributed by atoms with Gasteiger partial charge in [0.05, 0.1) is 28.2 Å². The highest BCUT2D eigenvalue weighted by molar-refractivity contribution is 6.33. The molecule has 5 heterocycles. The van der Waals surface area contributed by atoms with Crippen molar-refractivity contribution in [2.75, 3.05) is 41.3 Å². The van der Waals surface area contributed by atoms with E-state index in [0.717, 1.165) is 18.2 Å². The molecular weight excluding hydrogens is 707 g/mol. The SMILES string of the molecule is CCc1c(N2CCN(C(=O)c3ncnc(C)c3O)CC2CC)c(=O)c2nc(N3CCCC3=O)cnc2n1CC(=O)Nc1ccc(C(F)(F)F)cc1Cl. The Hall–Kier alpha value is -5.32. The predicted octanol–water partition coefficient (Wildman–Crippen LogP) is 4.34. The molecule has 14 nitrogen and oxygen atoms in total. The molecule has 0 bridgehead atoms. The van der Waals surface area contributed by atoms with Crippen LogP contribution in [0.3, 0.4) is 0 Å². The van der Waals surface area contributed by atoms with Gasteiger partial charge in [-0.1, -0.05) is 25.4 Å². The first-order chi connectivity index (χ1) is 24.7. The number of alkyl halides is 3. The molecule has 2 saturated heterocycles. The van der Waals surface area contributed by atoms with Crippen molar-refractivity contribution in [2.24, 2.45) is 0 Å². The highest BCUT2D eigenvalue weighted by atomic mass is 35.5. The quantitative estimate of drug-likeness (QED) is 0.265. The van der Waals surface area contributed by atoms with Crippen molar-refractivity contribution in [1.82, 2.24) is 29.4 Å². The molecule has 52 heavy (non-hydrogen) atoms. The Morgan fingerprint density at radius 2 is 1.87 bits per heavy atom. The van der Waals surface area contributed by atoms with Crippen LogP contribution in [0.5, 0.6) is 5.75 Å². The Labute approximate surface area is 300 Å². The summed E-state index contributed by atoms with van der Waals surface area (Å²) in [6.45, 7) is 5.80. The van der Waals surface area contributed by atoms with Crippen LogP contribution in [0.2, 0.25) is 5.02 Å². The van der Waals surface area contributed by atoms with Crippen LogP contribution in [-0.2, 0) is 28.7 Å². The fourth-order valence-electron chi connectivity index (χ4n) is 6.65. The van der Waals surface area contributed by atoms with Gasteiger partial charge in [-0.25, -0.2) is 19.9 Å². The molecule has 3 amide bonds. The number of hydrogen-bond donors (Lipinski definition) is 2. The summed E-state index contributed by atoms with van der Waals surface area (Å²) >= 11 is 6.12. The van der Waals surface area contributed by atoms with Gasteiger partial charge in [-0.05, 0) is 44.4 Å². The molecule has 1 aromatic carbocycles. The number of pyridine rings is 1. The number of carbonyl (C=O) groups is 3. The van der Waals surface area contributed by atoms with Crippen LogP contribution in [-0.4, -0.2) is 84.5 Å². The third kappa shape index (κ3) is 6.83. The van der Waals surface area contributed by atoms with E-state index >= 15 is 0 Å². The van der Waals surface area contributed by atoms with E-state index in [0.29, 0.717) is 31.5 Å². The second-order valence-electron chi connectivity index (χ2n) is 12.5. The average molecular weight is 742 g/mol. The number of piperazine rings is 1. The number of nitrogens with one attached hydrogen (secondary N) is 1. The predicted molar refractivity (Wildman–Crippen MR) is 186 cm³/mol. The zero-order valence-corrected chi connectivity index (χ0v) is 29.3. The molecule has 4 aromatic rings. The summed E-state index contributed by atoms with van der Waals surface area (Å²) < 4.78 is 41.2. The third-order valence-corrected chi connectivity index (χ3v) is 9.63. The van der Waals surface area contributed by atoms with Gasteiger partial charge in [0.25, 0.3) is 5.91 Å². The van der Waals surface area contributed by atoms with Gasteiger partial charge in [0.2, 0.25) is 17.2 Å². The minimum atomic E-state index is -4.63. The van der Waals surface area contributed by atoms with Crippen LogP contribution >= 0.6 is 11.6 Å². The molecule has 2 aliphatic rings. The van der Waals surface area contributed by atoms with Gasteiger partial charge in [0, 0.05) is 44.3 Å². The first-order valence-corrected chi connectivity index (χ1v) is 17.1. The smallest absolute Gasteiger partial charge is 0.416 e. The number of benzene rings is 1.